The van der Waals surface area contributed by atoms with Crippen molar-refractivity contribution >= 4 is 29.2 Å². The SMILES string of the molecule is CC(=O)Nc1c(Cl)cc(C(=O)O)c2c1CCCO2. The standard InChI is InChI=1S/C12H12ClNO4/c1-6(15)14-10-7-3-2-4-18-11(7)8(12(16)17)5-9(10)13/h5H,2-4H2,1H3,(H,14,15)(H,16,17). The van der Waals surface area contributed by atoms with Crippen molar-refractivity contribution in [2.24, 2.45) is 0 Å². The number of amides is 1. The van der Waals surface area contributed by atoms with E-state index in [9.17, 15) is 9.59 Å². The molecule has 0 aromatic heterocycles. The van der Waals surface area contributed by atoms with Gasteiger partial charge in [-0.05, 0) is 18.9 Å². The van der Waals surface area contributed by atoms with Crippen molar-refractivity contribution in [2.45, 2.75) is 19.8 Å². The number of carbonyl (C=O) groups excluding carboxylic acids is 1. The van der Waals surface area contributed by atoms with Gasteiger partial charge in [0.25, 0.3) is 0 Å². The Morgan fingerprint density at radius 2 is 2.22 bits per heavy atom. The van der Waals surface area contributed by atoms with Crippen molar-refractivity contribution in [3.63, 3.8) is 0 Å². The lowest BCUT2D eigenvalue weighted by atomic mass is 10.00. The second-order valence-electron chi connectivity index (χ2n) is 4.03. The molecule has 1 aromatic carbocycles. The van der Waals surface area contributed by atoms with Gasteiger partial charge in [-0.25, -0.2) is 4.79 Å². The van der Waals surface area contributed by atoms with E-state index in [-0.39, 0.29) is 16.5 Å². The van der Waals surface area contributed by atoms with Crippen LogP contribution in [0.25, 0.3) is 0 Å². The van der Waals surface area contributed by atoms with E-state index in [1.165, 1.54) is 13.0 Å². The molecule has 1 aliphatic heterocycles. The van der Waals surface area contributed by atoms with E-state index in [2.05, 4.69) is 5.32 Å². The van der Waals surface area contributed by atoms with E-state index in [4.69, 9.17) is 21.4 Å². The number of benzene rings is 1. The minimum Gasteiger partial charge on any atom is -0.492 e. The van der Waals surface area contributed by atoms with Gasteiger partial charge in [-0.3, -0.25) is 4.79 Å². The van der Waals surface area contributed by atoms with Gasteiger partial charge in [-0.2, -0.15) is 0 Å². The highest BCUT2D eigenvalue weighted by atomic mass is 35.5. The number of carboxylic acids is 1. The number of fused-ring (bicyclic) bond motifs is 1. The lowest BCUT2D eigenvalue weighted by Gasteiger charge is -2.23. The van der Waals surface area contributed by atoms with Crippen LogP contribution in [0.3, 0.4) is 0 Å². The zero-order valence-electron chi connectivity index (χ0n) is 9.75. The highest BCUT2D eigenvalue weighted by Gasteiger charge is 2.25. The number of rotatable bonds is 2. The highest BCUT2D eigenvalue weighted by Crippen LogP contribution is 2.39. The van der Waals surface area contributed by atoms with Gasteiger partial charge < -0.3 is 15.2 Å². The molecule has 0 saturated carbocycles. The number of aromatic carboxylic acids is 1. The molecule has 1 aliphatic rings. The summed E-state index contributed by atoms with van der Waals surface area (Å²) in [5.41, 5.74) is 1.13. The Labute approximate surface area is 109 Å². The molecule has 0 atom stereocenters. The van der Waals surface area contributed by atoms with Gasteiger partial charge in [-0.15, -0.1) is 0 Å². The number of hydrogen-bond donors (Lipinski definition) is 2. The normalized spacial score (nSPS) is 13.4. The molecule has 1 aromatic rings. The summed E-state index contributed by atoms with van der Waals surface area (Å²) in [5, 5.41) is 12.0. The Morgan fingerprint density at radius 1 is 1.50 bits per heavy atom. The molecule has 0 unspecified atom stereocenters. The maximum Gasteiger partial charge on any atom is 0.339 e. The Kier molecular flexibility index (Phi) is 3.43. The number of carbonyl (C=O) groups is 2. The van der Waals surface area contributed by atoms with Crippen LogP contribution >= 0.6 is 11.6 Å². The van der Waals surface area contributed by atoms with Gasteiger partial charge in [0.1, 0.15) is 11.3 Å². The van der Waals surface area contributed by atoms with Crippen LogP contribution in [0.15, 0.2) is 6.07 Å². The molecule has 0 fully saturated rings. The molecule has 2 N–H and O–H groups in total. The molecule has 18 heavy (non-hydrogen) atoms. The topological polar surface area (TPSA) is 75.6 Å². The number of nitrogens with one attached hydrogen (secondary N) is 1. The van der Waals surface area contributed by atoms with Gasteiger partial charge in [0.05, 0.1) is 17.3 Å². The number of ether oxygens (including phenoxy) is 1. The van der Waals surface area contributed by atoms with Crippen molar-refractivity contribution in [3.8, 4) is 5.75 Å². The highest BCUT2D eigenvalue weighted by molar-refractivity contribution is 6.34. The summed E-state index contributed by atoms with van der Waals surface area (Å²) in [4.78, 5) is 22.3. The maximum atomic E-state index is 11.1. The largest absolute Gasteiger partial charge is 0.492 e. The maximum absolute atomic E-state index is 11.1. The van der Waals surface area contributed by atoms with Crippen LogP contribution in [-0.2, 0) is 11.2 Å². The van der Waals surface area contributed by atoms with Crippen LogP contribution in [-0.4, -0.2) is 23.6 Å². The first-order valence-electron chi connectivity index (χ1n) is 5.49. The summed E-state index contributed by atoms with van der Waals surface area (Å²) in [7, 11) is 0. The smallest absolute Gasteiger partial charge is 0.339 e. The van der Waals surface area contributed by atoms with Crippen molar-refractivity contribution < 1.29 is 19.4 Å². The quantitative estimate of drug-likeness (QED) is 0.864. The second-order valence-corrected chi connectivity index (χ2v) is 4.43. The van der Waals surface area contributed by atoms with Crippen LogP contribution in [0.4, 0.5) is 5.69 Å². The fourth-order valence-electron chi connectivity index (χ4n) is 1.98. The molecule has 0 aliphatic carbocycles. The van der Waals surface area contributed by atoms with Gasteiger partial charge in [0, 0.05) is 12.5 Å². The van der Waals surface area contributed by atoms with Crippen molar-refractivity contribution in [3.05, 3.63) is 22.2 Å². The van der Waals surface area contributed by atoms with Crippen LogP contribution in [0.2, 0.25) is 5.02 Å². The van der Waals surface area contributed by atoms with Crippen molar-refractivity contribution in [2.75, 3.05) is 11.9 Å². The zero-order chi connectivity index (χ0) is 13.3. The third kappa shape index (κ3) is 2.26. The summed E-state index contributed by atoms with van der Waals surface area (Å²) in [6, 6.07) is 1.30. The van der Waals surface area contributed by atoms with Crippen LogP contribution in [0.5, 0.6) is 5.75 Å². The fourth-order valence-corrected chi connectivity index (χ4v) is 2.25. The average Bonchev–Trinajstić information content (AvgIpc) is 2.31. The van der Waals surface area contributed by atoms with E-state index in [0.717, 1.165) is 6.42 Å². The summed E-state index contributed by atoms with van der Waals surface area (Å²) in [6.07, 6.45) is 1.39. The molecule has 0 spiro atoms. The summed E-state index contributed by atoms with van der Waals surface area (Å²) >= 11 is 6.02. The number of halogens is 1. The Balaban J connectivity index is 2.61. The molecule has 0 saturated heterocycles. The van der Waals surface area contributed by atoms with Crippen LogP contribution in [0.1, 0.15) is 29.3 Å². The first-order chi connectivity index (χ1) is 8.50. The van der Waals surface area contributed by atoms with E-state index < -0.39 is 5.97 Å². The predicted octanol–water partition coefficient (Wildman–Crippen LogP) is 2.32. The first kappa shape index (κ1) is 12.7. The van der Waals surface area contributed by atoms with Crippen molar-refractivity contribution in [1.29, 1.82) is 0 Å². The summed E-state index contributed by atoms with van der Waals surface area (Å²) < 4.78 is 5.40. The summed E-state index contributed by atoms with van der Waals surface area (Å²) in [5.74, 6) is -1.04. The Hall–Kier alpha value is -1.75. The molecule has 5 nitrogen and oxygen atoms in total. The molecule has 0 radical (unpaired) electrons. The van der Waals surface area contributed by atoms with Crippen molar-refractivity contribution in [1.82, 2.24) is 0 Å². The molecule has 96 valence electrons. The minimum absolute atomic E-state index is 0.0313. The lowest BCUT2D eigenvalue weighted by Crippen LogP contribution is -2.17. The second kappa shape index (κ2) is 4.86. The fraction of sp³-hybridized carbons (Fsp3) is 0.333. The molecule has 2 rings (SSSR count). The Morgan fingerprint density at radius 3 is 2.83 bits per heavy atom. The van der Waals surface area contributed by atoms with E-state index in [1.54, 1.807) is 0 Å². The molecule has 0 bridgehead atoms. The van der Waals surface area contributed by atoms with Crippen LogP contribution in [0, 0.1) is 0 Å². The first-order valence-corrected chi connectivity index (χ1v) is 5.87. The average molecular weight is 270 g/mol. The van der Waals surface area contributed by atoms with E-state index >= 15 is 0 Å². The lowest BCUT2D eigenvalue weighted by molar-refractivity contribution is -0.114. The molecule has 1 heterocycles. The monoisotopic (exact) mass is 269 g/mol. The van der Waals surface area contributed by atoms with E-state index in [1.807, 2.05) is 0 Å². The molecular formula is C12H12ClNO4. The zero-order valence-corrected chi connectivity index (χ0v) is 10.5. The predicted molar refractivity (Wildman–Crippen MR) is 66.5 cm³/mol. The number of anilines is 1. The van der Waals surface area contributed by atoms with Gasteiger partial charge in [0.15, 0.2) is 0 Å². The molecule has 6 heteroatoms. The molecular weight excluding hydrogens is 258 g/mol. The third-order valence-corrected chi connectivity index (χ3v) is 2.98. The van der Waals surface area contributed by atoms with E-state index in [0.29, 0.717) is 30.0 Å². The van der Waals surface area contributed by atoms with Gasteiger partial charge >= 0.3 is 5.97 Å². The van der Waals surface area contributed by atoms with Gasteiger partial charge in [0.2, 0.25) is 5.91 Å². The van der Waals surface area contributed by atoms with Crippen LogP contribution < -0.4 is 10.1 Å². The summed E-state index contributed by atoms with van der Waals surface area (Å²) in [6.45, 7) is 1.84. The number of hydrogen-bond acceptors (Lipinski definition) is 3. The minimum atomic E-state index is -1.09. The van der Waals surface area contributed by atoms with Gasteiger partial charge in [-0.1, -0.05) is 11.6 Å². The molecule has 1 amide bonds. The Bertz CT molecular complexity index is 527. The third-order valence-electron chi connectivity index (χ3n) is 2.68. The number of carboxylic acid groups (broad SMARTS) is 1.